The molecule has 0 amide bonds. The molecule has 0 aliphatic carbocycles. The molecular weight excluding hydrogens is 194 g/mol. The first-order chi connectivity index (χ1) is 7.26. The number of ether oxygens (including phenoxy) is 1. The van der Waals surface area contributed by atoms with Gasteiger partial charge in [-0.2, -0.15) is 0 Å². The van der Waals surface area contributed by atoms with E-state index in [4.69, 9.17) is 11.2 Å². The number of carbonyl (C=O) groups excluding carboxylic acids is 1. The van der Waals surface area contributed by atoms with E-state index in [1.807, 2.05) is 0 Å². The Morgan fingerprint density at radius 1 is 1.67 bits per heavy atom. The third kappa shape index (κ3) is 3.65. The predicted molar refractivity (Wildman–Crippen MR) is 55.1 cm³/mol. The molecule has 0 fully saturated rings. The van der Waals surface area contributed by atoms with Gasteiger partial charge in [0.2, 0.25) is 0 Å². The first-order valence-corrected chi connectivity index (χ1v) is 4.44. The first-order valence-electron chi connectivity index (χ1n) is 4.44. The van der Waals surface area contributed by atoms with Gasteiger partial charge in [-0.15, -0.1) is 6.42 Å². The lowest BCUT2D eigenvalue weighted by atomic mass is 10.4. The molecule has 5 heteroatoms. The summed E-state index contributed by atoms with van der Waals surface area (Å²) < 4.78 is 4.74. The van der Waals surface area contributed by atoms with Crippen LogP contribution in [-0.4, -0.2) is 29.1 Å². The van der Waals surface area contributed by atoms with Gasteiger partial charge in [0.15, 0.2) is 0 Å². The molecule has 15 heavy (non-hydrogen) atoms. The van der Waals surface area contributed by atoms with Crippen molar-refractivity contribution in [2.24, 2.45) is 0 Å². The molecule has 1 rings (SSSR count). The number of carbonyl (C=O) groups is 1. The standard InChI is InChI=1S/C10H11N3O2/c1-3-8-5-9(13-7-12-8)11-6-10(14)15-4-2/h1,5,7H,4,6H2,2H3,(H,11,12,13). The fraction of sp³-hybridized carbons (Fsp3) is 0.300. The summed E-state index contributed by atoms with van der Waals surface area (Å²) >= 11 is 0. The van der Waals surface area contributed by atoms with E-state index >= 15 is 0 Å². The second kappa shape index (κ2) is 5.60. The van der Waals surface area contributed by atoms with Crippen molar-refractivity contribution in [3.63, 3.8) is 0 Å². The van der Waals surface area contributed by atoms with Gasteiger partial charge in [-0.25, -0.2) is 9.97 Å². The third-order valence-electron chi connectivity index (χ3n) is 1.53. The monoisotopic (exact) mass is 205 g/mol. The minimum Gasteiger partial charge on any atom is -0.465 e. The minimum atomic E-state index is -0.335. The molecule has 1 N–H and O–H groups in total. The molecule has 0 aliphatic rings. The molecule has 1 aromatic rings. The third-order valence-corrected chi connectivity index (χ3v) is 1.53. The molecule has 0 aliphatic heterocycles. The Bertz CT molecular complexity index is 384. The van der Waals surface area contributed by atoms with Crippen molar-refractivity contribution in [1.29, 1.82) is 0 Å². The van der Waals surface area contributed by atoms with Crippen LogP contribution in [0.25, 0.3) is 0 Å². The zero-order valence-corrected chi connectivity index (χ0v) is 8.36. The van der Waals surface area contributed by atoms with Crippen LogP contribution in [0.2, 0.25) is 0 Å². The molecule has 1 heterocycles. The van der Waals surface area contributed by atoms with Gasteiger partial charge in [0, 0.05) is 6.07 Å². The van der Waals surface area contributed by atoms with Crippen LogP contribution in [0.1, 0.15) is 12.6 Å². The lowest BCUT2D eigenvalue weighted by Gasteiger charge is -2.04. The number of aromatic nitrogens is 2. The Hall–Kier alpha value is -2.09. The number of hydrogen-bond acceptors (Lipinski definition) is 5. The van der Waals surface area contributed by atoms with Gasteiger partial charge in [-0.3, -0.25) is 4.79 Å². The average molecular weight is 205 g/mol. The van der Waals surface area contributed by atoms with Gasteiger partial charge in [-0.05, 0) is 6.92 Å². The molecule has 0 radical (unpaired) electrons. The second-order valence-electron chi connectivity index (χ2n) is 2.59. The summed E-state index contributed by atoms with van der Waals surface area (Å²) in [7, 11) is 0. The van der Waals surface area contributed by atoms with E-state index in [9.17, 15) is 4.79 Å². The highest BCUT2D eigenvalue weighted by atomic mass is 16.5. The summed E-state index contributed by atoms with van der Waals surface area (Å²) in [5, 5.41) is 2.78. The molecule has 0 atom stereocenters. The normalized spacial score (nSPS) is 9.07. The van der Waals surface area contributed by atoms with Crippen molar-refractivity contribution in [2.45, 2.75) is 6.92 Å². The Labute approximate surface area is 87.9 Å². The van der Waals surface area contributed by atoms with Crippen molar-refractivity contribution in [2.75, 3.05) is 18.5 Å². The quantitative estimate of drug-likeness (QED) is 0.570. The largest absolute Gasteiger partial charge is 0.465 e. The number of anilines is 1. The SMILES string of the molecule is C#Cc1cc(NCC(=O)OCC)ncn1. The predicted octanol–water partition coefficient (Wildman–Crippen LogP) is 0.433. The molecule has 0 unspecified atom stereocenters. The maximum atomic E-state index is 11.0. The van der Waals surface area contributed by atoms with E-state index in [2.05, 4.69) is 21.2 Å². The number of nitrogens with zero attached hydrogens (tertiary/aromatic N) is 2. The highest BCUT2D eigenvalue weighted by Crippen LogP contribution is 2.01. The highest BCUT2D eigenvalue weighted by Gasteiger charge is 2.02. The van der Waals surface area contributed by atoms with Gasteiger partial charge in [0.1, 0.15) is 24.4 Å². The molecule has 0 saturated heterocycles. The van der Waals surface area contributed by atoms with Crippen molar-refractivity contribution in [3.8, 4) is 12.3 Å². The van der Waals surface area contributed by atoms with Crippen LogP contribution >= 0.6 is 0 Å². The fourth-order valence-corrected chi connectivity index (χ4v) is 0.908. The van der Waals surface area contributed by atoms with Crippen molar-refractivity contribution in [1.82, 2.24) is 9.97 Å². The zero-order valence-electron chi connectivity index (χ0n) is 8.36. The molecule has 0 saturated carbocycles. The lowest BCUT2D eigenvalue weighted by Crippen LogP contribution is -2.17. The number of esters is 1. The molecule has 0 aromatic carbocycles. The minimum absolute atomic E-state index is 0.0643. The van der Waals surface area contributed by atoms with E-state index in [1.165, 1.54) is 6.33 Å². The van der Waals surface area contributed by atoms with Crippen LogP contribution in [0.3, 0.4) is 0 Å². The highest BCUT2D eigenvalue weighted by molar-refractivity contribution is 5.74. The van der Waals surface area contributed by atoms with Crippen LogP contribution in [0.5, 0.6) is 0 Å². The van der Waals surface area contributed by atoms with E-state index in [-0.39, 0.29) is 12.5 Å². The van der Waals surface area contributed by atoms with Crippen LogP contribution < -0.4 is 5.32 Å². The molecule has 78 valence electrons. The number of terminal acetylenes is 1. The van der Waals surface area contributed by atoms with Crippen LogP contribution in [0.15, 0.2) is 12.4 Å². The summed E-state index contributed by atoms with van der Waals surface area (Å²) in [4.78, 5) is 18.7. The lowest BCUT2D eigenvalue weighted by molar-refractivity contribution is -0.140. The molecular formula is C10H11N3O2. The Morgan fingerprint density at radius 3 is 3.13 bits per heavy atom. The van der Waals surface area contributed by atoms with Crippen molar-refractivity contribution >= 4 is 11.8 Å². The molecule has 0 spiro atoms. The van der Waals surface area contributed by atoms with Crippen molar-refractivity contribution in [3.05, 3.63) is 18.1 Å². The van der Waals surface area contributed by atoms with Gasteiger partial charge >= 0.3 is 5.97 Å². The zero-order chi connectivity index (χ0) is 11.1. The van der Waals surface area contributed by atoms with Gasteiger partial charge in [0.25, 0.3) is 0 Å². The van der Waals surface area contributed by atoms with Crippen LogP contribution in [0, 0.1) is 12.3 Å². The Balaban J connectivity index is 2.51. The number of nitrogens with one attached hydrogen (secondary N) is 1. The fourth-order valence-electron chi connectivity index (χ4n) is 0.908. The molecule has 5 nitrogen and oxygen atoms in total. The maximum absolute atomic E-state index is 11.0. The van der Waals surface area contributed by atoms with Gasteiger partial charge in [-0.1, -0.05) is 5.92 Å². The summed E-state index contributed by atoms with van der Waals surface area (Å²) in [5.41, 5.74) is 0.469. The molecule has 1 aromatic heterocycles. The second-order valence-corrected chi connectivity index (χ2v) is 2.59. The summed E-state index contributed by atoms with van der Waals surface area (Å²) in [6, 6.07) is 1.58. The number of hydrogen-bond donors (Lipinski definition) is 1. The maximum Gasteiger partial charge on any atom is 0.325 e. The van der Waals surface area contributed by atoms with Crippen LogP contribution in [-0.2, 0) is 9.53 Å². The Morgan fingerprint density at radius 2 is 2.47 bits per heavy atom. The average Bonchev–Trinajstić information content (AvgIpc) is 2.27. The first kappa shape index (κ1) is 11.0. The van der Waals surface area contributed by atoms with Crippen LogP contribution in [0.4, 0.5) is 5.82 Å². The van der Waals surface area contributed by atoms with E-state index < -0.39 is 0 Å². The van der Waals surface area contributed by atoms with E-state index in [0.717, 1.165) is 0 Å². The molecule has 0 bridgehead atoms. The topological polar surface area (TPSA) is 64.1 Å². The van der Waals surface area contributed by atoms with E-state index in [0.29, 0.717) is 18.1 Å². The summed E-state index contributed by atoms with van der Waals surface area (Å²) in [6.45, 7) is 2.17. The number of rotatable bonds is 4. The smallest absolute Gasteiger partial charge is 0.325 e. The van der Waals surface area contributed by atoms with E-state index in [1.54, 1.807) is 13.0 Å². The van der Waals surface area contributed by atoms with Gasteiger partial charge in [0.05, 0.1) is 6.61 Å². The van der Waals surface area contributed by atoms with Gasteiger partial charge < -0.3 is 10.1 Å². The Kier molecular flexibility index (Phi) is 4.10. The summed E-state index contributed by atoms with van der Waals surface area (Å²) in [6.07, 6.45) is 6.50. The summed E-state index contributed by atoms with van der Waals surface area (Å²) in [5.74, 6) is 2.54. The van der Waals surface area contributed by atoms with Crippen molar-refractivity contribution < 1.29 is 9.53 Å².